The summed E-state index contributed by atoms with van der Waals surface area (Å²) in [6, 6.07) is 1.64. The first-order valence-electron chi connectivity index (χ1n) is 5.72. The molecule has 0 aromatic carbocycles. The Hall–Kier alpha value is -0.0800. The predicted molar refractivity (Wildman–Crippen MR) is 55.8 cm³/mol. The Morgan fingerprint density at radius 3 is 2.23 bits per heavy atom. The van der Waals surface area contributed by atoms with Crippen molar-refractivity contribution < 1.29 is 0 Å². The van der Waals surface area contributed by atoms with E-state index in [4.69, 9.17) is 0 Å². The van der Waals surface area contributed by atoms with Crippen LogP contribution in [0, 0.1) is 5.92 Å². The van der Waals surface area contributed by atoms with Gasteiger partial charge in [-0.1, -0.05) is 0 Å². The van der Waals surface area contributed by atoms with Crippen molar-refractivity contribution in [1.82, 2.24) is 10.2 Å². The van der Waals surface area contributed by atoms with Gasteiger partial charge in [0, 0.05) is 12.1 Å². The third kappa shape index (κ3) is 2.23. The topological polar surface area (TPSA) is 15.3 Å². The van der Waals surface area contributed by atoms with Gasteiger partial charge >= 0.3 is 0 Å². The molecule has 2 heteroatoms. The van der Waals surface area contributed by atoms with Crippen molar-refractivity contribution in [3.8, 4) is 0 Å². The lowest BCUT2D eigenvalue weighted by atomic mass is 10.0. The minimum Gasteiger partial charge on any atom is -0.317 e. The minimum atomic E-state index is 0.780. The standard InChI is InChI=1S/C11H22N2/c1-9(10-3-4-10)13-7-5-11(12-2)6-8-13/h9-12H,3-8H2,1-2H3. The van der Waals surface area contributed by atoms with E-state index in [9.17, 15) is 0 Å². The van der Waals surface area contributed by atoms with Crippen LogP contribution in [0.15, 0.2) is 0 Å². The summed E-state index contributed by atoms with van der Waals surface area (Å²) in [5.74, 6) is 1.03. The molecule has 2 rings (SSSR count). The Balaban J connectivity index is 1.76. The molecule has 2 fully saturated rings. The summed E-state index contributed by atoms with van der Waals surface area (Å²) in [7, 11) is 2.09. The molecule has 0 radical (unpaired) electrons. The zero-order valence-electron chi connectivity index (χ0n) is 8.92. The molecule has 0 spiro atoms. The molecule has 2 nitrogen and oxygen atoms in total. The summed E-state index contributed by atoms with van der Waals surface area (Å²) in [6.45, 7) is 5.03. The highest BCUT2D eigenvalue weighted by molar-refractivity contribution is 4.88. The monoisotopic (exact) mass is 182 g/mol. The van der Waals surface area contributed by atoms with E-state index in [-0.39, 0.29) is 0 Å². The van der Waals surface area contributed by atoms with E-state index in [1.54, 1.807) is 0 Å². The van der Waals surface area contributed by atoms with Crippen LogP contribution >= 0.6 is 0 Å². The van der Waals surface area contributed by atoms with Crippen molar-refractivity contribution in [2.24, 2.45) is 5.92 Å². The number of hydrogen-bond donors (Lipinski definition) is 1. The molecule has 76 valence electrons. The lowest BCUT2D eigenvalue weighted by Crippen LogP contribution is -2.45. The van der Waals surface area contributed by atoms with E-state index in [2.05, 4.69) is 24.2 Å². The first-order chi connectivity index (χ1) is 6.31. The second kappa shape index (κ2) is 3.97. The van der Waals surface area contributed by atoms with Crippen LogP contribution in [0.1, 0.15) is 32.6 Å². The van der Waals surface area contributed by atoms with Crippen molar-refractivity contribution in [3.63, 3.8) is 0 Å². The quantitative estimate of drug-likeness (QED) is 0.711. The molecule has 1 saturated heterocycles. The van der Waals surface area contributed by atoms with Gasteiger partial charge in [-0.25, -0.2) is 0 Å². The summed E-state index contributed by atoms with van der Waals surface area (Å²) in [6.07, 6.45) is 5.64. The Bertz CT molecular complexity index is 157. The molecule has 1 saturated carbocycles. The average Bonchev–Trinajstić information content (AvgIpc) is 3.00. The van der Waals surface area contributed by atoms with Crippen LogP contribution in [0.4, 0.5) is 0 Å². The van der Waals surface area contributed by atoms with Gasteiger partial charge in [0.25, 0.3) is 0 Å². The Kier molecular flexibility index (Phi) is 2.89. The van der Waals surface area contributed by atoms with E-state index in [1.165, 1.54) is 38.8 Å². The highest BCUT2D eigenvalue weighted by Crippen LogP contribution is 2.35. The maximum Gasteiger partial charge on any atom is 0.00952 e. The second-order valence-electron chi connectivity index (χ2n) is 4.68. The molecular formula is C11H22N2. The summed E-state index contributed by atoms with van der Waals surface area (Å²) < 4.78 is 0. The molecule has 2 aliphatic rings. The molecule has 1 heterocycles. The number of nitrogens with one attached hydrogen (secondary N) is 1. The van der Waals surface area contributed by atoms with Gasteiger partial charge in [-0.05, 0) is 58.7 Å². The summed E-state index contributed by atoms with van der Waals surface area (Å²) in [4.78, 5) is 2.69. The smallest absolute Gasteiger partial charge is 0.00952 e. The maximum absolute atomic E-state index is 3.38. The van der Waals surface area contributed by atoms with Crippen molar-refractivity contribution >= 4 is 0 Å². The molecule has 0 aromatic rings. The van der Waals surface area contributed by atoms with E-state index < -0.39 is 0 Å². The van der Waals surface area contributed by atoms with Gasteiger partial charge in [0.15, 0.2) is 0 Å². The van der Waals surface area contributed by atoms with Gasteiger partial charge in [-0.2, -0.15) is 0 Å². The molecule has 1 aliphatic carbocycles. The average molecular weight is 182 g/mol. The van der Waals surface area contributed by atoms with Crippen molar-refractivity contribution in [3.05, 3.63) is 0 Å². The highest BCUT2D eigenvalue weighted by atomic mass is 15.2. The molecule has 13 heavy (non-hydrogen) atoms. The van der Waals surface area contributed by atoms with Crippen molar-refractivity contribution in [1.29, 1.82) is 0 Å². The van der Waals surface area contributed by atoms with Crippen LogP contribution in [-0.4, -0.2) is 37.1 Å². The van der Waals surface area contributed by atoms with Crippen LogP contribution in [0.5, 0.6) is 0 Å². The van der Waals surface area contributed by atoms with E-state index in [0.717, 1.165) is 18.0 Å². The molecule has 1 aliphatic heterocycles. The molecule has 0 aromatic heterocycles. The lowest BCUT2D eigenvalue weighted by molar-refractivity contribution is 0.141. The van der Waals surface area contributed by atoms with Crippen LogP contribution in [0.3, 0.4) is 0 Å². The normalized spacial score (nSPS) is 29.1. The van der Waals surface area contributed by atoms with Gasteiger partial charge < -0.3 is 10.2 Å². The number of nitrogens with zero attached hydrogens (tertiary/aromatic N) is 1. The van der Waals surface area contributed by atoms with Crippen LogP contribution < -0.4 is 5.32 Å². The fourth-order valence-electron chi connectivity index (χ4n) is 2.47. The zero-order chi connectivity index (χ0) is 9.26. The van der Waals surface area contributed by atoms with E-state index >= 15 is 0 Å². The largest absolute Gasteiger partial charge is 0.317 e. The third-order valence-corrected chi connectivity index (χ3v) is 3.82. The number of hydrogen-bond acceptors (Lipinski definition) is 2. The van der Waals surface area contributed by atoms with Crippen LogP contribution in [0.2, 0.25) is 0 Å². The van der Waals surface area contributed by atoms with Gasteiger partial charge in [0.2, 0.25) is 0 Å². The summed E-state index contributed by atoms with van der Waals surface area (Å²) >= 11 is 0. The number of rotatable bonds is 3. The molecule has 0 bridgehead atoms. The van der Waals surface area contributed by atoms with Crippen molar-refractivity contribution in [2.45, 2.75) is 44.7 Å². The fraction of sp³-hybridized carbons (Fsp3) is 1.00. The maximum atomic E-state index is 3.38. The second-order valence-corrected chi connectivity index (χ2v) is 4.68. The van der Waals surface area contributed by atoms with Gasteiger partial charge in [-0.15, -0.1) is 0 Å². The Labute approximate surface area is 81.7 Å². The predicted octanol–water partition coefficient (Wildman–Crippen LogP) is 1.47. The molecular weight excluding hydrogens is 160 g/mol. The van der Waals surface area contributed by atoms with Gasteiger partial charge in [0.1, 0.15) is 0 Å². The van der Waals surface area contributed by atoms with E-state index in [1.807, 2.05) is 0 Å². The first-order valence-corrected chi connectivity index (χ1v) is 5.72. The molecule has 0 amide bonds. The lowest BCUT2D eigenvalue weighted by Gasteiger charge is -2.36. The van der Waals surface area contributed by atoms with E-state index in [0.29, 0.717) is 0 Å². The first kappa shape index (κ1) is 9.47. The van der Waals surface area contributed by atoms with Crippen LogP contribution in [0.25, 0.3) is 0 Å². The Morgan fingerprint density at radius 1 is 1.15 bits per heavy atom. The van der Waals surface area contributed by atoms with Gasteiger partial charge in [-0.3, -0.25) is 0 Å². The highest BCUT2D eigenvalue weighted by Gasteiger charge is 2.33. The molecule has 1 N–H and O–H groups in total. The Morgan fingerprint density at radius 2 is 1.77 bits per heavy atom. The number of likely N-dealkylation sites (tertiary alicyclic amines) is 1. The van der Waals surface area contributed by atoms with Crippen molar-refractivity contribution in [2.75, 3.05) is 20.1 Å². The number of piperidine rings is 1. The zero-order valence-corrected chi connectivity index (χ0v) is 8.92. The summed E-state index contributed by atoms with van der Waals surface area (Å²) in [5.41, 5.74) is 0. The molecule has 1 atom stereocenters. The third-order valence-electron chi connectivity index (χ3n) is 3.82. The minimum absolute atomic E-state index is 0.780. The SMILES string of the molecule is CNC1CCN(C(C)C2CC2)CC1. The van der Waals surface area contributed by atoms with Gasteiger partial charge in [0.05, 0.1) is 0 Å². The van der Waals surface area contributed by atoms with Crippen LogP contribution in [-0.2, 0) is 0 Å². The fourth-order valence-corrected chi connectivity index (χ4v) is 2.47. The summed E-state index contributed by atoms with van der Waals surface area (Å²) in [5, 5.41) is 3.38. The molecule has 1 unspecified atom stereocenters.